The van der Waals surface area contributed by atoms with Gasteiger partial charge in [0.25, 0.3) is 0 Å². The minimum absolute atomic E-state index is 0.0534. The molecule has 0 aromatic carbocycles. The fourth-order valence-electron chi connectivity index (χ4n) is 3.92. The third-order valence-corrected chi connectivity index (χ3v) is 6.41. The van der Waals surface area contributed by atoms with E-state index in [1.54, 1.807) is 11.3 Å². The predicted molar refractivity (Wildman–Crippen MR) is 96.1 cm³/mol. The van der Waals surface area contributed by atoms with Crippen molar-refractivity contribution in [3.05, 3.63) is 22.4 Å². The second kappa shape index (κ2) is 7.23. The van der Waals surface area contributed by atoms with Crippen molar-refractivity contribution in [1.29, 1.82) is 0 Å². The maximum atomic E-state index is 12.7. The number of carbonyl (C=O) groups excluding carboxylic acids is 2. The van der Waals surface area contributed by atoms with Crippen molar-refractivity contribution >= 4 is 23.2 Å². The Morgan fingerprint density at radius 1 is 1.29 bits per heavy atom. The Morgan fingerprint density at radius 2 is 2.12 bits per heavy atom. The maximum Gasteiger partial charge on any atom is 0.227 e. The number of piperazine rings is 1. The largest absolute Gasteiger partial charge is 0.343 e. The molecule has 3 rings (SSSR count). The fraction of sp³-hybridized carbons (Fsp3) is 0.667. The number of carbonyl (C=O) groups is 2. The van der Waals surface area contributed by atoms with Crippen molar-refractivity contribution in [3.8, 4) is 0 Å². The summed E-state index contributed by atoms with van der Waals surface area (Å²) >= 11 is 1.63. The van der Waals surface area contributed by atoms with Crippen molar-refractivity contribution in [3.63, 3.8) is 0 Å². The van der Waals surface area contributed by atoms with Crippen molar-refractivity contribution < 1.29 is 9.59 Å². The Labute approximate surface area is 148 Å². The van der Waals surface area contributed by atoms with Crippen molar-refractivity contribution in [2.24, 2.45) is 0 Å². The first-order chi connectivity index (χ1) is 11.5. The van der Waals surface area contributed by atoms with Gasteiger partial charge in [0, 0.05) is 44.7 Å². The first-order valence-corrected chi connectivity index (χ1v) is 9.76. The maximum absolute atomic E-state index is 12.7. The van der Waals surface area contributed by atoms with Crippen molar-refractivity contribution in [2.75, 3.05) is 39.8 Å². The lowest BCUT2D eigenvalue weighted by atomic mass is 9.86. The summed E-state index contributed by atoms with van der Waals surface area (Å²) in [5, 5.41) is 4.07. The van der Waals surface area contributed by atoms with Crippen LogP contribution in [0.5, 0.6) is 0 Å². The number of hydrogen-bond donors (Lipinski definition) is 0. The molecule has 0 unspecified atom stereocenters. The summed E-state index contributed by atoms with van der Waals surface area (Å²) in [4.78, 5) is 31.3. The van der Waals surface area contributed by atoms with E-state index in [0.29, 0.717) is 12.8 Å². The van der Waals surface area contributed by atoms with E-state index in [2.05, 4.69) is 11.9 Å². The Balaban J connectivity index is 1.70. The van der Waals surface area contributed by atoms with Crippen LogP contribution in [0.1, 0.15) is 31.7 Å². The molecule has 1 aromatic rings. The van der Waals surface area contributed by atoms with Crippen LogP contribution in [0.2, 0.25) is 0 Å². The van der Waals surface area contributed by atoms with E-state index in [0.717, 1.165) is 51.1 Å². The van der Waals surface area contributed by atoms with Gasteiger partial charge in [-0.1, -0.05) is 0 Å². The van der Waals surface area contributed by atoms with Crippen LogP contribution in [0, 0.1) is 0 Å². The molecule has 2 aliphatic rings. The molecule has 0 saturated carbocycles. The summed E-state index contributed by atoms with van der Waals surface area (Å²) in [7, 11) is 2.15. The van der Waals surface area contributed by atoms with Crippen LogP contribution in [-0.2, 0) is 16.0 Å². The van der Waals surface area contributed by atoms with Crippen LogP contribution in [0.15, 0.2) is 16.8 Å². The van der Waals surface area contributed by atoms with Crippen LogP contribution in [0.3, 0.4) is 0 Å². The van der Waals surface area contributed by atoms with Gasteiger partial charge < -0.3 is 9.80 Å². The average molecular weight is 350 g/mol. The summed E-state index contributed by atoms with van der Waals surface area (Å²) in [5.74, 6) is 0.466. The van der Waals surface area contributed by atoms with Crippen LogP contribution in [0.25, 0.3) is 0 Å². The van der Waals surface area contributed by atoms with Gasteiger partial charge in [-0.2, -0.15) is 11.3 Å². The van der Waals surface area contributed by atoms with E-state index in [-0.39, 0.29) is 17.4 Å². The molecule has 1 spiro atoms. The molecular formula is C18H27N3O2S. The summed E-state index contributed by atoms with van der Waals surface area (Å²) in [6.45, 7) is 6.03. The van der Waals surface area contributed by atoms with Gasteiger partial charge >= 0.3 is 0 Å². The van der Waals surface area contributed by atoms with Gasteiger partial charge in [-0.05, 0) is 49.2 Å². The monoisotopic (exact) mass is 349 g/mol. The molecule has 6 heteroatoms. The molecule has 2 amide bonds. The number of likely N-dealkylation sites (tertiary alicyclic amines) is 1. The highest BCUT2D eigenvalue weighted by molar-refractivity contribution is 7.08. The van der Waals surface area contributed by atoms with E-state index in [4.69, 9.17) is 0 Å². The number of likely N-dealkylation sites (N-methyl/N-ethyl adjacent to an activating group) is 1. The topological polar surface area (TPSA) is 43.9 Å². The number of nitrogens with zero attached hydrogens (tertiary/aromatic N) is 3. The van der Waals surface area contributed by atoms with Gasteiger partial charge in [0.1, 0.15) is 0 Å². The third-order valence-electron chi connectivity index (χ3n) is 5.67. The standard InChI is InChI=1S/C18H27N3O2S/c1-3-20-8-7-18(6-4-16(20)22)14-21(10-9-19(18)2)17(23)12-15-5-11-24-13-15/h5,11,13H,3-4,6-10,12,14H2,1-2H3/t18-/m0/s1. The zero-order chi connectivity index (χ0) is 17.2. The van der Waals surface area contributed by atoms with Gasteiger partial charge in [0.2, 0.25) is 11.8 Å². The van der Waals surface area contributed by atoms with Gasteiger partial charge in [-0.15, -0.1) is 0 Å². The lowest BCUT2D eigenvalue weighted by molar-refractivity contribution is -0.136. The Kier molecular flexibility index (Phi) is 5.25. The minimum atomic E-state index is -0.0534. The number of thiophene rings is 1. The van der Waals surface area contributed by atoms with Gasteiger partial charge in [0.05, 0.1) is 6.42 Å². The van der Waals surface area contributed by atoms with Gasteiger partial charge in [-0.25, -0.2) is 0 Å². The van der Waals surface area contributed by atoms with Crippen LogP contribution >= 0.6 is 11.3 Å². The molecule has 132 valence electrons. The quantitative estimate of drug-likeness (QED) is 0.836. The number of amides is 2. The second-order valence-electron chi connectivity index (χ2n) is 6.99. The smallest absolute Gasteiger partial charge is 0.227 e. The summed E-state index contributed by atoms with van der Waals surface area (Å²) in [6.07, 6.45) is 2.88. The molecule has 5 nitrogen and oxygen atoms in total. The van der Waals surface area contributed by atoms with E-state index >= 15 is 0 Å². The number of hydrogen-bond acceptors (Lipinski definition) is 4. The Hall–Kier alpha value is -1.40. The first-order valence-electron chi connectivity index (χ1n) is 8.82. The summed E-state index contributed by atoms with van der Waals surface area (Å²) < 4.78 is 0. The molecule has 1 aromatic heterocycles. The van der Waals surface area contributed by atoms with E-state index in [1.165, 1.54) is 0 Å². The molecular weight excluding hydrogens is 322 g/mol. The van der Waals surface area contributed by atoms with Gasteiger partial charge in [0.15, 0.2) is 0 Å². The van der Waals surface area contributed by atoms with Crippen LogP contribution < -0.4 is 0 Å². The summed E-state index contributed by atoms with van der Waals surface area (Å²) in [5.41, 5.74) is 1.05. The minimum Gasteiger partial charge on any atom is -0.343 e. The zero-order valence-corrected chi connectivity index (χ0v) is 15.5. The highest BCUT2D eigenvalue weighted by atomic mass is 32.1. The SMILES string of the molecule is CCN1CC[C@@]2(CCC1=O)CN(C(=O)Cc1ccsc1)CCN2C. The highest BCUT2D eigenvalue weighted by Crippen LogP contribution is 2.32. The lowest BCUT2D eigenvalue weighted by Crippen LogP contribution is -2.62. The van der Waals surface area contributed by atoms with Crippen molar-refractivity contribution in [1.82, 2.24) is 14.7 Å². The number of rotatable bonds is 3. The molecule has 3 heterocycles. The van der Waals surface area contributed by atoms with Crippen LogP contribution in [-0.4, -0.2) is 71.8 Å². The van der Waals surface area contributed by atoms with E-state index < -0.39 is 0 Å². The van der Waals surface area contributed by atoms with E-state index in [9.17, 15) is 9.59 Å². The molecule has 2 saturated heterocycles. The summed E-state index contributed by atoms with van der Waals surface area (Å²) in [6, 6.07) is 2.03. The Bertz CT molecular complexity index is 589. The van der Waals surface area contributed by atoms with Crippen molar-refractivity contribution in [2.45, 2.75) is 38.1 Å². The zero-order valence-electron chi connectivity index (χ0n) is 14.7. The predicted octanol–water partition coefficient (Wildman–Crippen LogP) is 1.84. The molecule has 0 bridgehead atoms. The molecule has 1 atom stereocenters. The lowest BCUT2D eigenvalue weighted by Gasteiger charge is -2.49. The normalized spacial score (nSPS) is 26.0. The molecule has 0 radical (unpaired) electrons. The first kappa shape index (κ1) is 17.4. The fourth-order valence-corrected chi connectivity index (χ4v) is 4.59. The average Bonchev–Trinajstić information content (AvgIpc) is 3.02. The van der Waals surface area contributed by atoms with Crippen LogP contribution in [0.4, 0.5) is 0 Å². The molecule has 2 aliphatic heterocycles. The molecule has 0 N–H and O–H groups in total. The molecule has 2 fully saturated rings. The third kappa shape index (κ3) is 3.49. The van der Waals surface area contributed by atoms with Gasteiger partial charge in [-0.3, -0.25) is 14.5 Å². The van der Waals surface area contributed by atoms with E-state index in [1.807, 2.05) is 33.6 Å². The highest BCUT2D eigenvalue weighted by Gasteiger charge is 2.43. The Morgan fingerprint density at radius 3 is 2.83 bits per heavy atom. The molecule has 24 heavy (non-hydrogen) atoms. The molecule has 0 aliphatic carbocycles. The second-order valence-corrected chi connectivity index (χ2v) is 7.77.